The molecule has 0 saturated heterocycles. The molecule has 0 spiro atoms. The number of carbonyl (C=O) groups is 1. The maximum atomic E-state index is 13.6. The van der Waals surface area contributed by atoms with Crippen molar-refractivity contribution in [2.24, 2.45) is 0 Å². The second-order valence-electron chi connectivity index (χ2n) is 5.04. The Morgan fingerprint density at radius 3 is 2.33 bits per heavy atom. The van der Waals surface area contributed by atoms with E-state index in [1.165, 1.54) is 14.2 Å². The summed E-state index contributed by atoms with van der Waals surface area (Å²) in [6.07, 6.45) is 0. The molecule has 7 heteroatoms. The molecule has 1 amide bonds. The van der Waals surface area contributed by atoms with Gasteiger partial charge in [0.15, 0.2) is 17.5 Å². The van der Waals surface area contributed by atoms with Gasteiger partial charge in [0.2, 0.25) is 0 Å². The number of methoxy groups -OCH3 is 2. The quantitative estimate of drug-likeness (QED) is 0.850. The number of carbonyl (C=O) groups excluding carboxylic acids is 1. The minimum Gasteiger partial charge on any atom is -0.496 e. The number of hydrogen-bond acceptors (Lipinski definition) is 3. The lowest BCUT2D eigenvalue weighted by Crippen LogP contribution is -2.24. The van der Waals surface area contributed by atoms with Crippen molar-refractivity contribution in [1.82, 2.24) is 5.32 Å². The number of ether oxygens (including phenoxy) is 2. The van der Waals surface area contributed by atoms with Gasteiger partial charge in [0, 0.05) is 12.1 Å². The number of aryl methyl sites for hydroxylation is 1. The number of hydrogen-bond donors (Lipinski definition) is 1. The lowest BCUT2D eigenvalue weighted by Gasteiger charge is -2.14. The van der Waals surface area contributed by atoms with Crippen molar-refractivity contribution in [3.05, 3.63) is 58.4 Å². The summed E-state index contributed by atoms with van der Waals surface area (Å²) in [7, 11) is 2.98. The van der Waals surface area contributed by atoms with Crippen LogP contribution in [-0.4, -0.2) is 20.1 Å². The largest absolute Gasteiger partial charge is 0.496 e. The Balaban J connectivity index is 2.22. The second kappa shape index (κ2) is 7.25. The van der Waals surface area contributed by atoms with Gasteiger partial charge < -0.3 is 14.8 Å². The van der Waals surface area contributed by atoms with E-state index in [1.807, 2.05) is 6.92 Å². The molecule has 0 bridgehead atoms. The van der Waals surface area contributed by atoms with Crippen molar-refractivity contribution < 1.29 is 27.4 Å². The smallest absolute Gasteiger partial charge is 0.254 e. The lowest BCUT2D eigenvalue weighted by molar-refractivity contribution is 0.0945. The predicted molar refractivity (Wildman–Crippen MR) is 81.8 cm³/mol. The molecule has 24 heavy (non-hydrogen) atoms. The van der Waals surface area contributed by atoms with Crippen LogP contribution < -0.4 is 14.8 Å². The monoisotopic (exact) mass is 339 g/mol. The van der Waals surface area contributed by atoms with Crippen LogP contribution >= 0.6 is 0 Å². The minimum atomic E-state index is -1.68. The molecular weight excluding hydrogens is 323 g/mol. The molecule has 128 valence electrons. The van der Waals surface area contributed by atoms with Crippen molar-refractivity contribution in [2.75, 3.05) is 14.2 Å². The van der Waals surface area contributed by atoms with Gasteiger partial charge in [0.05, 0.1) is 19.8 Å². The highest BCUT2D eigenvalue weighted by atomic mass is 19.2. The molecule has 2 rings (SSSR count). The van der Waals surface area contributed by atoms with Gasteiger partial charge in [0.1, 0.15) is 11.5 Å². The van der Waals surface area contributed by atoms with Gasteiger partial charge in [-0.25, -0.2) is 13.2 Å². The number of benzene rings is 2. The Bertz CT molecular complexity index is 778. The molecule has 0 saturated carbocycles. The second-order valence-corrected chi connectivity index (χ2v) is 5.04. The fourth-order valence-electron chi connectivity index (χ4n) is 2.22. The predicted octanol–water partition coefficient (Wildman–Crippen LogP) is 3.36. The molecule has 0 aromatic heterocycles. The Morgan fingerprint density at radius 1 is 1.04 bits per heavy atom. The van der Waals surface area contributed by atoms with Gasteiger partial charge in [0.25, 0.3) is 5.91 Å². The van der Waals surface area contributed by atoms with Crippen molar-refractivity contribution in [2.45, 2.75) is 13.5 Å². The highest BCUT2D eigenvalue weighted by Gasteiger charge is 2.19. The van der Waals surface area contributed by atoms with E-state index < -0.39 is 28.9 Å². The van der Waals surface area contributed by atoms with Crippen LogP contribution in [0, 0.1) is 24.4 Å². The van der Waals surface area contributed by atoms with E-state index in [0.29, 0.717) is 23.1 Å². The molecule has 0 heterocycles. The maximum absolute atomic E-state index is 13.6. The van der Waals surface area contributed by atoms with Crippen LogP contribution in [0.4, 0.5) is 13.2 Å². The molecule has 0 aliphatic rings. The molecular formula is C17H16F3NO3. The van der Waals surface area contributed by atoms with Crippen LogP contribution in [0.25, 0.3) is 0 Å². The van der Waals surface area contributed by atoms with E-state index in [9.17, 15) is 18.0 Å². The van der Waals surface area contributed by atoms with E-state index in [-0.39, 0.29) is 6.54 Å². The topological polar surface area (TPSA) is 47.6 Å². The van der Waals surface area contributed by atoms with Crippen molar-refractivity contribution in [3.8, 4) is 11.5 Å². The van der Waals surface area contributed by atoms with Crippen LogP contribution in [0.1, 0.15) is 21.5 Å². The number of halogens is 3. The summed E-state index contributed by atoms with van der Waals surface area (Å²) in [5, 5.41) is 2.44. The molecule has 2 aromatic rings. The van der Waals surface area contributed by atoms with Crippen molar-refractivity contribution in [1.29, 1.82) is 0 Å². The van der Waals surface area contributed by atoms with Gasteiger partial charge >= 0.3 is 0 Å². The van der Waals surface area contributed by atoms with Gasteiger partial charge in [-0.3, -0.25) is 4.79 Å². The molecule has 0 fully saturated rings. The molecule has 0 radical (unpaired) electrons. The van der Waals surface area contributed by atoms with Crippen LogP contribution in [0.5, 0.6) is 11.5 Å². The fourth-order valence-corrected chi connectivity index (χ4v) is 2.22. The van der Waals surface area contributed by atoms with Crippen LogP contribution in [0.2, 0.25) is 0 Å². The summed E-state index contributed by atoms with van der Waals surface area (Å²) in [4.78, 5) is 12.0. The van der Waals surface area contributed by atoms with Crippen LogP contribution in [-0.2, 0) is 6.54 Å². The van der Waals surface area contributed by atoms with Gasteiger partial charge in [-0.1, -0.05) is 0 Å². The summed E-state index contributed by atoms with van der Waals surface area (Å²) in [6, 6.07) is 4.99. The first kappa shape index (κ1) is 17.7. The Kier molecular flexibility index (Phi) is 5.33. The summed E-state index contributed by atoms with van der Waals surface area (Å²) < 4.78 is 50.2. The molecule has 0 aliphatic carbocycles. The zero-order valence-electron chi connectivity index (χ0n) is 13.4. The van der Waals surface area contributed by atoms with Gasteiger partial charge in [-0.15, -0.1) is 0 Å². The Labute approximate surface area is 137 Å². The molecule has 2 aromatic carbocycles. The molecule has 0 atom stereocenters. The maximum Gasteiger partial charge on any atom is 0.254 e. The third-order valence-electron chi connectivity index (χ3n) is 3.52. The third-order valence-corrected chi connectivity index (χ3v) is 3.52. The zero-order valence-corrected chi connectivity index (χ0v) is 13.4. The van der Waals surface area contributed by atoms with Crippen molar-refractivity contribution in [3.63, 3.8) is 0 Å². The summed E-state index contributed by atoms with van der Waals surface area (Å²) in [5.74, 6) is -4.32. The standard InChI is InChI=1S/C17H16F3NO3/c1-9-6-14(24-3)10(7-13(9)23-2)8-21-17(22)11-4-5-12(18)16(20)15(11)19/h4-7H,8H2,1-3H3,(H,21,22). The Morgan fingerprint density at radius 2 is 1.71 bits per heavy atom. The average molecular weight is 339 g/mol. The molecule has 4 nitrogen and oxygen atoms in total. The first-order valence-corrected chi connectivity index (χ1v) is 7.02. The summed E-state index contributed by atoms with van der Waals surface area (Å²) >= 11 is 0. The lowest BCUT2D eigenvalue weighted by atomic mass is 10.1. The fraction of sp³-hybridized carbons (Fsp3) is 0.235. The third kappa shape index (κ3) is 3.45. The first-order chi connectivity index (χ1) is 11.4. The molecule has 0 aliphatic heterocycles. The Hall–Kier alpha value is -2.70. The number of amides is 1. The van der Waals surface area contributed by atoms with E-state index in [0.717, 1.165) is 11.6 Å². The van der Waals surface area contributed by atoms with Gasteiger partial charge in [-0.2, -0.15) is 0 Å². The first-order valence-electron chi connectivity index (χ1n) is 7.02. The van der Waals surface area contributed by atoms with E-state index in [4.69, 9.17) is 9.47 Å². The van der Waals surface area contributed by atoms with E-state index in [1.54, 1.807) is 12.1 Å². The zero-order chi connectivity index (χ0) is 17.9. The highest BCUT2D eigenvalue weighted by Crippen LogP contribution is 2.28. The van der Waals surface area contributed by atoms with Crippen LogP contribution in [0.15, 0.2) is 24.3 Å². The minimum absolute atomic E-state index is 0.00289. The molecule has 1 N–H and O–H groups in total. The van der Waals surface area contributed by atoms with Crippen LogP contribution in [0.3, 0.4) is 0 Å². The SMILES string of the molecule is COc1cc(CNC(=O)c2ccc(F)c(F)c2F)c(OC)cc1C. The number of rotatable bonds is 5. The molecule has 0 unspecified atom stereocenters. The van der Waals surface area contributed by atoms with Crippen molar-refractivity contribution >= 4 is 5.91 Å². The highest BCUT2D eigenvalue weighted by molar-refractivity contribution is 5.94. The van der Waals surface area contributed by atoms with Gasteiger partial charge in [-0.05, 0) is 36.8 Å². The summed E-state index contributed by atoms with van der Waals surface area (Å²) in [6.45, 7) is 1.83. The summed E-state index contributed by atoms with van der Waals surface area (Å²) in [5.41, 5.74) is 0.860. The number of nitrogens with one attached hydrogen (secondary N) is 1. The normalized spacial score (nSPS) is 10.4. The van der Waals surface area contributed by atoms with E-state index in [2.05, 4.69) is 5.32 Å². The van der Waals surface area contributed by atoms with E-state index >= 15 is 0 Å². The average Bonchev–Trinajstić information content (AvgIpc) is 2.58.